The van der Waals surface area contributed by atoms with Crippen molar-refractivity contribution < 1.29 is 0 Å². The van der Waals surface area contributed by atoms with Gasteiger partial charge in [0.2, 0.25) is 13.4 Å². The van der Waals surface area contributed by atoms with Crippen LogP contribution in [0.3, 0.4) is 0 Å². The Morgan fingerprint density at radius 3 is 0.967 bits per heavy atom. The third-order valence-electron chi connectivity index (χ3n) is 20.6. The standard InChI is InChI=1S/C82H70B2Br4N2/c1-41(2)47-27-55(43(5)6)75(56(28-47)44(7)8)59-37-61-65-31-51(87)35-73-81(65)84(68-26-24-50(86)34-72(68)89(73)53-19-15-13-16-20-53)70-40-64-60(76-57(45(9)10)29-48(42(3)4)30-58(76)46(11)12)38-62-66-32-52(88)36-74-82(66)83(69-39-63(59)79(77(61)70)80(64)78(62)69)67-25-23-49(85)33-71(67)90(74)54-21-17-14-18-22-54/h13-46H,1-12H3. The lowest BCUT2D eigenvalue weighted by Crippen LogP contribution is -2.60. The molecule has 0 aliphatic carbocycles. The second kappa shape index (κ2) is 21.5. The van der Waals surface area contributed by atoms with Gasteiger partial charge in [-0.1, -0.05) is 243 Å². The second-order valence-electron chi connectivity index (χ2n) is 27.9. The number of fused-ring (bicyclic) bond motifs is 8. The van der Waals surface area contributed by atoms with E-state index in [0.29, 0.717) is 11.8 Å². The SMILES string of the molecule is CC(C)c1cc(C(C)C)c(-c2cc3c4c(cc5c(-c6c(C(C)C)cc(C(C)C)cc6C(C)C)cc6c7c(cc2c4c57)B2c4ccc(Br)cc4N(c4ccccc4)c4cc(Br)cc-6c42)B2c4ccc(Br)cc4N(c4ccccc4)c4cc(Br)cc-3c42)c(C(C)C)c1. The van der Waals surface area contributed by atoms with Crippen molar-refractivity contribution >= 4 is 176 Å². The topological polar surface area (TPSA) is 6.48 Å². The Bertz CT molecular complexity index is 4670. The summed E-state index contributed by atoms with van der Waals surface area (Å²) in [6.07, 6.45) is 0. The first-order valence-corrected chi connectivity index (χ1v) is 35.6. The summed E-state index contributed by atoms with van der Waals surface area (Å²) < 4.78 is 4.25. The molecular weight excluding hydrogens is 1350 g/mol. The van der Waals surface area contributed by atoms with E-state index in [2.05, 4.69) is 326 Å². The summed E-state index contributed by atoms with van der Waals surface area (Å²) in [6, 6.07) is 67.0. The van der Waals surface area contributed by atoms with E-state index >= 15 is 0 Å². The molecule has 4 heterocycles. The molecule has 0 radical (unpaired) electrons. The van der Waals surface area contributed by atoms with Crippen molar-refractivity contribution in [1.82, 2.24) is 0 Å². The van der Waals surface area contributed by atoms with Crippen LogP contribution in [0.4, 0.5) is 34.1 Å². The molecule has 0 amide bonds. The molecule has 0 N–H and O–H groups in total. The third-order valence-corrected chi connectivity index (χ3v) is 22.5. The fraction of sp³-hybridized carbons (Fsp3) is 0.220. The zero-order chi connectivity index (χ0) is 62.4. The molecular formula is C82H70B2Br4N2. The third kappa shape index (κ3) is 8.58. The summed E-state index contributed by atoms with van der Waals surface area (Å²) in [5.41, 5.74) is 34.2. The molecule has 4 aliphatic heterocycles. The Labute approximate surface area is 565 Å². The van der Waals surface area contributed by atoms with Gasteiger partial charge >= 0.3 is 0 Å². The Kier molecular flexibility index (Phi) is 13.9. The fourth-order valence-electron chi connectivity index (χ4n) is 16.6. The van der Waals surface area contributed by atoms with Crippen LogP contribution in [-0.4, -0.2) is 13.4 Å². The maximum Gasteiger partial charge on any atom is 0.248 e. The van der Waals surface area contributed by atoms with E-state index < -0.39 is 0 Å². The average molecular weight is 1420 g/mol. The lowest BCUT2D eigenvalue weighted by Gasteiger charge is -2.42. The van der Waals surface area contributed by atoms with Crippen molar-refractivity contribution in [1.29, 1.82) is 0 Å². The quantitative estimate of drug-likeness (QED) is 0.0995. The summed E-state index contributed by atoms with van der Waals surface area (Å²) in [7, 11) is 0. The normalized spacial score (nSPS) is 13.6. The number of halogens is 4. The van der Waals surface area contributed by atoms with E-state index in [9.17, 15) is 0 Å². The molecule has 0 aromatic heterocycles. The van der Waals surface area contributed by atoms with Crippen LogP contribution in [0.15, 0.2) is 188 Å². The van der Waals surface area contributed by atoms with E-state index in [4.69, 9.17) is 0 Å². The van der Waals surface area contributed by atoms with Crippen molar-refractivity contribution in [2.24, 2.45) is 0 Å². The maximum atomic E-state index is 4.24. The van der Waals surface area contributed by atoms with Crippen LogP contribution in [0, 0.1) is 0 Å². The summed E-state index contributed by atoms with van der Waals surface area (Å²) in [4.78, 5) is 5.06. The highest BCUT2D eigenvalue weighted by Gasteiger charge is 2.46. The van der Waals surface area contributed by atoms with Gasteiger partial charge in [-0.25, -0.2) is 0 Å². The predicted molar refractivity (Wildman–Crippen MR) is 406 cm³/mol. The molecule has 442 valence electrons. The zero-order valence-electron chi connectivity index (χ0n) is 53.2. The van der Waals surface area contributed by atoms with Crippen molar-refractivity contribution in [3.63, 3.8) is 0 Å². The van der Waals surface area contributed by atoms with Crippen molar-refractivity contribution in [2.45, 2.75) is 119 Å². The minimum absolute atomic E-state index is 0.0804. The average Bonchev–Trinajstić information content (AvgIpc) is 0.668. The second-order valence-corrected chi connectivity index (χ2v) is 31.6. The number of anilines is 6. The fourth-order valence-corrected chi connectivity index (χ4v) is 18.2. The molecule has 0 bridgehead atoms. The van der Waals surface area contributed by atoms with Gasteiger partial charge in [0, 0.05) is 52.0 Å². The van der Waals surface area contributed by atoms with Crippen LogP contribution in [0.2, 0.25) is 0 Å². The minimum atomic E-state index is -0.0804. The number of nitrogens with zero attached hydrogens (tertiary/aromatic N) is 2. The van der Waals surface area contributed by atoms with Gasteiger partial charge < -0.3 is 9.80 Å². The minimum Gasteiger partial charge on any atom is -0.311 e. The Hall–Kier alpha value is -6.67. The van der Waals surface area contributed by atoms with Gasteiger partial charge in [0.25, 0.3) is 0 Å². The monoisotopic (exact) mass is 1420 g/mol. The molecule has 90 heavy (non-hydrogen) atoms. The molecule has 0 saturated carbocycles. The molecule has 0 atom stereocenters. The summed E-state index contributed by atoms with van der Waals surface area (Å²) in [5, 5.41) is 8.14. The number of para-hydroxylation sites is 2. The van der Waals surface area contributed by atoms with Crippen molar-refractivity contribution in [2.75, 3.05) is 9.80 Å². The summed E-state index contributed by atoms with van der Waals surface area (Å²) in [6.45, 7) is 28.7. The van der Waals surface area contributed by atoms with Gasteiger partial charge in [0.1, 0.15) is 0 Å². The van der Waals surface area contributed by atoms with Gasteiger partial charge in [-0.05, 0) is 252 Å². The lowest BCUT2D eigenvalue weighted by atomic mass is 9.31. The molecule has 0 saturated heterocycles. The zero-order valence-corrected chi connectivity index (χ0v) is 59.5. The first-order valence-electron chi connectivity index (χ1n) is 32.5. The number of rotatable bonds is 10. The van der Waals surface area contributed by atoms with E-state index in [-0.39, 0.29) is 37.1 Å². The lowest BCUT2D eigenvalue weighted by molar-refractivity contribution is 0.807. The molecule has 8 heteroatoms. The van der Waals surface area contributed by atoms with Crippen molar-refractivity contribution in [3.05, 3.63) is 221 Å². The van der Waals surface area contributed by atoms with Crippen LogP contribution >= 0.6 is 63.7 Å². The highest BCUT2D eigenvalue weighted by molar-refractivity contribution is 9.11. The Morgan fingerprint density at radius 1 is 0.289 bits per heavy atom. The number of benzene rings is 12. The molecule has 16 rings (SSSR count). The smallest absolute Gasteiger partial charge is 0.248 e. The van der Waals surface area contributed by atoms with Crippen LogP contribution in [0.25, 0.3) is 76.8 Å². The maximum absolute atomic E-state index is 4.24. The Balaban J connectivity index is 1.18. The van der Waals surface area contributed by atoms with E-state index in [1.54, 1.807) is 0 Å². The van der Waals surface area contributed by atoms with Gasteiger partial charge in [-0.15, -0.1) is 0 Å². The number of hydrogen-bond donors (Lipinski definition) is 0. The summed E-state index contributed by atoms with van der Waals surface area (Å²) in [5.74, 6) is 1.78. The van der Waals surface area contributed by atoms with Gasteiger partial charge in [0.15, 0.2) is 0 Å². The van der Waals surface area contributed by atoms with Crippen LogP contribution in [0.5, 0.6) is 0 Å². The summed E-state index contributed by atoms with van der Waals surface area (Å²) >= 11 is 16.5. The molecule has 0 fully saturated rings. The van der Waals surface area contributed by atoms with Crippen LogP contribution in [0.1, 0.15) is 152 Å². The molecule has 4 aliphatic rings. The first kappa shape index (κ1) is 58.4. The molecule has 12 aromatic carbocycles. The van der Waals surface area contributed by atoms with E-state index in [1.165, 1.54) is 166 Å². The van der Waals surface area contributed by atoms with E-state index in [1.807, 2.05) is 0 Å². The van der Waals surface area contributed by atoms with Crippen molar-refractivity contribution in [3.8, 4) is 44.5 Å². The van der Waals surface area contributed by atoms with Gasteiger partial charge in [-0.2, -0.15) is 0 Å². The highest BCUT2D eigenvalue weighted by atomic mass is 79.9. The van der Waals surface area contributed by atoms with Gasteiger partial charge in [0.05, 0.1) is 0 Å². The largest absolute Gasteiger partial charge is 0.311 e. The highest BCUT2D eigenvalue weighted by Crippen LogP contribution is 2.56. The predicted octanol–water partition coefficient (Wildman–Crippen LogP) is 22.3. The molecule has 0 unspecified atom stereocenters. The first-order chi connectivity index (χ1) is 43.3. The van der Waals surface area contributed by atoms with Gasteiger partial charge in [-0.3, -0.25) is 0 Å². The Morgan fingerprint density at radius 2 is 0.633 bits per heavy atom. The van der Waals surface area contributed by atoms with Crippen LogP contribution in [-0.2, 0) is 0 Å². The number of hydrogen-bond acceptors (Lipinski definition) is 2. The molecule has 12 aromatic rings. The van der Waals surface area contributed by atoms with Crippen LogP contribution < -0.4 is 42.6 Å². The molecule has 0 spiro atoms. The van der Waals surface area contributed by atoms with E-state index in [0.717, 1.165) is 29.3 Å². The molecule has 2 nitrogen and oxygen atoms in total.